The van der Waals surface area contributed by atoms with Gasteiger partial charge in [-0.05, 0) is 30.7 Å². The summed E-state index contributed by atoms with van der Waals surface area (Å²) < 4.78 is 13.0. The molecule has 148 valence electrons. The molecule has 0 bridgehead atoms. The first kappa shape index (κ1) is 20.7. The maximum Gasteiger partial charge on any atom is 0.193 e. The van der Waals surface area contributed by atoms with Crippen LogP contribution in [0.15, 0.2) is 17.4 Å². The molecule has 26 heavy (non-hydrogen) atoms. The number of likely N-dealkylation sites (tertiary alicyclic amines) is 1. The molecule has 0 radical (unpaired) electrons. The third-order valence-electron chi connectivity index (χ3n) is 4.62. The van der Waals surface area contributed by atoms with Crippen LogP contribution in [0.3, 0.4) is 0 Å². The van der Waals surface area contributed by atoms with Gasteiger partial charge >= 0.3 is 0 Å². The molecule has 1 atom stereocenters. The number of aromatic nitrogens is 2. The highest BCUT2D eigenvalue weighted by Gasteiger charge is 2.25. The smallest absolute Gasteiger partial charge is 0.193 e. The van der Waals surface area contributed by atoms with E-state index in [0.717, 1.165) is 45.0 Å². The van der Waals surface area contributed by atoms with Crippen molar-refractivity contribution in [3.63, 3.8) is 0 Å². The Labute approximate surface area is 157 Å². The molecule has 2 rings (SSSR count). The SMILES string of the molecule is CCCCOCCOCCNC(=NC)N1CCC(Cc2cnn(C)c2)C1. The minimum absolute atomic E-state index is 0.654. The van der Waals surface area contributed by atoms with Crippen LogP contribution in [0.25, 0.3) is 0 Å². The predicted octanol–water partition coefficient (Wildman–Crippen LogP) is 1.69. The van der Waals surface area contributed by atoms with E-state index in [-0.39, 0.29) is 0 Å². The van der Waals surface area contributed by atoms with E-state index in [0.29, 0.717) is 25.7 Å². The Kier molecular flexibility index (Phi) is 9.48. The van der Waals surface area contributed by atoms with Gasteiger partial charge in [0, 0.05) is 46.5 Å². The summed E-state index contributed by atoms with van der Waals surface area (Å²) in [6.07, 6.45) is 8.65. The number of aliphatic imine (C=N–C) groups is 1. The van der Waals surface area contributed by atoms with E-state index in [1.165, 1.54) is 18.4 Å². The minimum Gasteiger partial charge on any atom is -0.379 e. The summed E-state index contributed by atoms with van der Waals surface area (Å²) in [5.74, 6) is 1.63. The van der Waals surface area contributed by atoms with Crippen molar-refractivity contribution in [1.29, 1.82) is 0 Å². The zero-order chi connectivity index (χ0) is 18.6. The summed E-state index contributed by atoms with van der Waals surface area (Å²) in [4.78, 5) is 6.76. The fourth-order valence-electron chi connectivity index (χ4n) is 3.24. The summed E-state index contributed by atoms with van der Waals surface area (Å²) in [5.41, 5.74) is 1.32. The van der Waals surface area contributed by atoms with Gasteiger partial charge in [-0.25, -0.2) is 0 Å². The highest BCUT2D eigenvalue weighted by molar-refractivity contribution is 5.80. The first-order valence-electron chi connectivity index (χ1n) is 9.81. The van der Waals surface area contributed by atoms with Crippen LogP contribution in [0, 0.1) is 5.92 Å². The van der Waals surface area contributed by atoms with Gasteiger partial charge in [0.15, 0.2) is 5.96 Å². The van der Waals surface area contributed by atoms with Gasteiger partial charge in [0.2, 0.25) is 0 Å². The van der Waals surface area contributed by atoms with E-state index < -0.39 is 0 Å². The van der Waals surface area contributed by atoms with Crippen molar-refractivity contribution in [3.05, 3.63) is 18.0 Å². The highest BCUT2D eigenvalue weighted by atomic mass is 16.5. The second-order valence-electron chi connectivity index (χ2n) is 6.88. The third-order valence-corrected chi connectivity index (χ3v) is 4.62. The van der Waals surface area contributed by atoms with Crippen molar-refractivity contribution in [1.82, 2.24) is 20.0 Å². The molecule has 0 spiro atoms. The number of aryl methyl sites for hydroxylation is 1. The molecule has 2 heterocycles. The molecule has 1 fully saturated rings. The van der Waals surface area contributed by atoms with Crippen LogP contribution in [0.5, 0.6) is 0 Å². The maximum atomic E-state index is 5.60. The predicted molar refractivity (Wildman–Crippen MR) is 104 cm³/mol. The van der Waals surface area contributed by atoms with E-state index in [9.17, 15) is 0 Å². The lowest BCUT2D eigenvalue weighted by Gasteiger charge is -2.21. The number of nitrogens with one attached hydrogen (secondary N) is 1. The van der Waals surface area contributed by atoms with Crippen LogP contribution in [0.4, 0.5) is 0 Å². The zero-order valence-corrected chi connectivity index (χ0v) is 16.6. The second kappa shape index (κ2) is 11.9. The van der Waals surface area contributed by atoms with Crippen molar-refractivity contribution in [2.24, 2.45) is 18.0 Å². The summed E-state index contributed by atoms with van der Waals surface area (Å²) in [6, 6.07) is 0. The monoisotopic (exact) mass is 365 g/mol. The van der Waals surface area contributed by atoms with Crippen LogP contribution in [0.1, 0.15) is 31.7 Å². The largest absolute Gasteiger partial charge is 0.379 e. The van der Waals surface area contributed by atoms with E-state index in [1.807, 2.05) is 25.0 Å². The average Bonchev–Trinajstić information content (AvgIpc) is 3.26. The quantitative estimate of drug-likeness (QED) is 0.367. The fourth-order valence-corrected chi connectivity index (χ4v) is 3.24. The van der Waals surface area contributed by atoms with Gasteiger partial charge in [-0.3, -0.25) is 9.67 Å². The molecule has 1 aliphatic heterocycles. The summed E-state index contributed by atoms with van der Waals surface area (Å²) in [5, 5.41) is 7.66. The van der Waals surface area contributed by atoms with Gasteiger partial charge in [-0.15, -0.1) is 0 Å². The molecular formula is C19H35N5O2. The Morgan fingerprint density at radius 3 is 2.81 bits per heavy atom. The molecule has 0 saturated carbocycles. The first-order valence-corrected chi connectivity index (χ1v) is 9.81. The lowest BCUT2D eigenvalue weighted by atomic mass is 10.0. The number of guanidine groups is 1. The normalized spacial score (nSPS) is 17.9. The number of rotatable bonds is 11. The lowest BCUT2D eigenvalue weighted by molar-refractivity contribution is 0.0486. The number of hydrogen-bond donors (Lipinski definition) is 1. The molecule has 1 aromatic heterocycles. The summed E-state index contributed by atoms with van der Waals surface area (Å²) in [7, 11) is 3.81. The average molecular weight is 366 g/mol. The van der Waals surface area contributed by atoms with Gasteiger partial charge < -0.3 is 19.7 Å². The first-order chi connectivity index (χ1) is 12.7. The molecular weight excluding hydrogens is 330 g/mol. The molecule has 1 unspecified atom stereocenters. The molecule has 1 aromatic rings. The zero-order valence-electron chi connectivity index (χ0n) is 16.6. The van der Waals surface area contributed by atoms with Gasteiger partial charge in [0.25, 0.3) is 0 Å². The van der Waals surface area contributed by atoms with Crippen molar-refractivity contribution < 1.29 is 9.47 Å². The van der Waals surface area contributed by atoms with E-state index in [2.05, 4.69) is 33.4 Å². The van der Waals surface area contributed by atoms with Crippen LogP contribution in [0.2, 0.25) is 0 Å². The molecule has 1 saturated heterocycles. The Morgan fingerprint density at radius 2 is 2.12 bits per heavy atom. The minimum atomic E-state index is 0.654. The molecule has 7 heteroatoms. The Bertz CT molecular complexity index is 532. The Hall–Kier alpha value is -1.60. The standard InChI is InChI=1S/C19H35N5O2/c1-4-5-9-25-11-12-26-10-7-21-19(20-2)24-8-6-17(16-24)13-18-14-22-23(3)15-18/h14-15,17H,4-13,16H2,1-3H3,(H,20,21). The molecule has 1 aliphatic rings. The molecule has 0 aliphatic carbocycles. The number of nitrogens with zero attached hydrogens (tertiary/aromatic N) is 4. The third kappa shape index (κ3) is 7.33. The number of unbranched alkanes of at least 4 members (excludes halogenated alkanes) is 1. The van der Waals surface area contributed by atoms with Gasteiger partial charge in [0.05, 0.1) is 26.0 Å². The van der Waals surface area contributed by atoms with Crippen LogP contribution in [-0.2, 0) is 22.9 Å². The van der Waals surface area contributed by atoms with Gasteiger partial charge in [-0.2, -0.15) is 5.10 Å². The summed E-state index contributed by atoms with van der Waals surface area (Å²) in [6.45, 7) is 7.86. The number of ether oxygens (including phenoxy) is 2. The molecule has 0 amide bonds. The maximum absolute atomic E-state index is 5.60. The van der Waals surface area contributed by atoms with Crippen LogP contribution < -0.4 is 5.32 Å². The van der Waals surface area contributed by atoms with Crippen molar-refractivity contribution in [2.45, 2.75) is 32.6 Å². The van der Waals surface area contributed by atoms with Crippen molar-refractivity contribution in [2.75, 3.05) is 53.1 Å². The Balaban J connectivity index is 1.57. The van der Waals surface area contributed by atoms with Crippen LogP contribution >= 0.6 is 0 Å². The second-order valence-corrected chi connectivity index (χ2v) is 6.88. The molecule has 7 nitrogen and oxygen atoms in total. The molecule has 1 N–H and O–H groups in total. The van der Waals surface area contributed by atoms with E-state index >= 15 is 0 Å². The summed E-state index contributed by atoms with van der Waals surface area (Å²) >= 11 is 0. The lowest BCUT2D eigenvalue weighted by Crippen LogP contribution is -2.41. The van der Waals surface area contributed by atoms with Gasteiger partial charge in [-0.1, -0.05) is 13.3 Å². The Morgan fingerprint density at radius 1 is 1.31 bits per heavy atom. The highest BCUT2D eigenvalue weighted by Crippen LogP contribution is 2.20. The topological polar surface area (TPSA) is 63.9 Å². The van der Waals surface area contributed by atoms with Gasteiger partial charge in [0.1, 0.15) is 0 Å². The van der Waals surface area contributed by atoms with Crippen molar-refractivity contribution >= 4 is 5.96 Å². The van der Waals surface area contributed by atoms with E-state index in [4.69, 9.17) is 9.47 Å². The molecule has 0 aromatic carbocycles. The number of hydrogen-bond acceptors (Lipinski definition) is 4. The fraction of sp³-hybridized carbons (Fsp3) is 0.789. The van der Waals surface area contributed by atoms with E-state index in [1.54, 1.807) is 0 Å². The van der Waals surface area contributed by atoms with Crippen molar-refractivity contribution in [3.8, 4) is 0 Å². The van der Waals surface area contributed by atoms with Crippen LogP contribution in [-0.4, -0.2) is 73.7 Å².